The molecule has 4 nitrogen and oxygen atoms in total. The van der Waals surface area contributed by atoms with Crippen molar-refractivity contribution in [3.05, 3.63) is 17.5 Å². The van der Waals surface area contributed by atoms with Gasteiger partial charge in [0.15, 0.2) is 0 Å². The van der Waals surface area contributed by atoms with Crippen molar-refractivity contribution < 1.29 is 4.74 Å². The minimum Gasteiger partial charge on any atom is -0.380 e. The van der Waals surface area contributed by atoms with E-state index in [2.05, 4.69) is 28.1 Å². The summed E-state index contributed by atoms with van der Waals surface area (Å²) in [5, 5.41) is 8.14. The third-order valence-electron chi connectivity index (χ3n) is 4.06. The third kappa shape index (κ3) is 4.05. The first-order valence-corrected chi connectivity index (χ1v) is 7.48. The Morgan fingerprint density at radius 1 is 1.37 bits per heavy atom. The van der Waals surface area contributed by atoms with Crippen LogP contribution in [0.4, 0.5) is 0 Å². The van der Waals surface area contributed by atoms with Crippen LogP contribution in [0.15, 0.2) is 6.07 Å². The van der Waals surface area contributed by atoms with Gasteiger partial charge in [0.1, 0.15) is 0 Å². The van der Waals surface area contributed by atoms with Crippen LogP contribution in [-0.4, -0.2) is 35.6 Å². The zero-order chi connectivity index (χ0) is 13.7. The van der Waals surface area contributed by atoms with E-state index in [-0.39, 0.29) is 0 Å². The molecule has 1 aliphatic carbocycles. The van der Waals surface area contributed by atoms with E-state index in [1.165, 1.54) is 31.4 Å². The van der Waals surface area contributed by atoms with Gasteiger partial charge in [-0.1, -0.05) is 12.8 Å². The second-order valence-electron chi connectivity index (χ2n) is 5.62. The smallest absolute Gasteiger partial charge is 0.0724 e. The molecular formula is C15H27N3O. The van der Waals surface area contributed by atoms with Gasteiger partial charge in [0, 0.05) is 25.4 Å². The summed E-state index contributed by atoms with van der Waals surface area (Å²) >= 11 is 0. The minimum atomic E-state index is 0.405. The SMILES string of the molecule is COC1CCCCC1NCCCn1nc(C)cc1C. The number of rotatable bonds is 6. The summed E-state index contributed by atoms with van der Waals surface area (Å²) in [5.74, 6) is 0. The molecule has 0 aliphatic heterocycles. The summed E-state index contributed by atoms with van der Waals surface area (Å²) in [4.78, 5) is 0. The Balaban J connectivity index is 1.70. The quantitative estimate of drug-likeness (QED) is 0.803. The van der Waals surface area contributed by atoms with Gasteiger partial charge >= 0.3 is 0 Å². The third-order valence-corrected chi connectivity index (χ3v) is 4.06. The van der Waals surface area contributed by atoms with Crippen molar-refractivity contribution in [2.75, 3.05) is 13.7 Å². The number of hydrogen-bond donors (Lipinski definition) is 1. The van der Waals surface area contributed by atoms with Crippen LogP contribution in [0.25, 0.3) is 0 Å². The Kier molecular flexibility index (Phi) is 5.40. The largest absolute Gasteiger partial charge is 0.380 e. The van der Waals surface area contributed by atoms with Crippen molar-refractivity contribution >= 4 is 0 Å². The average Bonchev–Trinajstić information content (AvgIpc) is 2.73. The standard InChI is InChI=1S/C15H27N3O/c1-12-11-13(2)18(17-12)10-6-9-16-14-7-4-5-8-15(14)19-3/h11,14-16H,4-10H2,1-3H3. The molecule has 2 unspecified atom stereocenters. The average molecular weight is 265 g/mol. The number of ether oxygens (including phenoxy) is 1. The first-order valence-electron chi connectivity index (χ1n) is 7.48. The highest BCUT2D eigenvalue weighted by Crippen LogP contribution is 2.20. The molecule has 1 heterocycles. The molecule has 0 radical (unpaired) electrons. The second kappa shape index (κ2) is 7.06. The van der Waals surface area contributed by atoms with Crippen molar-refractivity contribution in [1.29, 1.82) is 0 Å². The number of hydrogen-bond acceptors (Lipinski definition) is 3. The van der Waals surface area contributed by atoms with E-state index in [0.29, 0.717) is 12.1 Å². The maximum Gasteiger partial charge on any atom is 0.0724 e. The molecule has 0 bridgehead atoms. The molecule has 1 aliphatic rings. The summed E-state index contributed by atoms with van der Waals surface area (Å²) in [5.41, 5.74) is 2.36. The van der Waals surface area contributed by atoms with E-state index >= 15 is 0 Å². The van der Waals surface area contributed by atoms with E-state index in [1.807, 2.05) is 14.0 Å². The maximum atomic E-state index is 5.56. The molecule has 1 N–H and O–H groups in total. The Hall–Kier alpha value is -0.870. The van der Waals surface area contributed by atoms with Gasteiger partial charge in [-0.3, -0.25) is 4.68 Å². The molecule has 0 aromatic carbocycles. The van der Waals surface area contributed by atoms with Gasteiger partial charge in [0.05, 0.1) is 11.8 Å². The molecule has 2 rings (SSSR count). The monoisotopic (exact) mass is 265 g/mol. The molecule has 1 fully saturated rings. The molecule has 1 saturated carbocycles. The fourth-order valence-corrected chi connectivity index (χ4v) is 3.03. The predicted octanol–water partition coefficient (Wildman–Crippen LogP) is 2.44. The van der Waals surface area contributed by atoms with Crippen molar-refractivity contribution in [3.63, 3.8) is 0 Å². The van der Waals surface area contributed by atoms with Gasteiger partial charge in [0.25, 0.3) is 0 Å². The Bertz CT molecular complexity index is 389. The molecule has 108 valence electrons. The van der Waals surface area contributed by atoms with Crippen molar-refractivity contribution in [2.24, 2.45) is 0 Å². The number of nitrogens with zero attached hydrogens (tertiary/aromatic N) is 2. The number of aromatic nitrogens is 2. The molecular weight excluding hydrogens is 238 g/mol. The molecule has 2 atom stereocenters. The lowest BCUT2D eigenvalue weighted by molar-refractivity contribution is 0.0418. The summed E-state index contributed by atoms with van der Waals surface area (Å²) in [6.45, 7) is 6.21. The normalized spacial score (nSPS) is 23.7. The van der Waals surface area contributed by atoms with Crippen molar-refractivity contribution in [1.82, 2.24) is 15.1 Å². The van der Waals surface area contributed by atoms with Crippen LogP contribution >= 0.6 is 0 Å². The van der Waals surface area contributed by atoms with Crippen molar-refractivity contribution in [2.45, 2.75) is 64.6 Å². The van der Waals surface area contributed by atoms with Crippen molar-refractivity contribution in [3.8, 4) is 0 Å². The van der Waals surface area contributed by atoms with Crippen LogP contribution in [0.2, 0.25) is 0 Å². The highest BCUT2D eigenvalue weighted by Gasteiger charge is 2.23. The van der Waals surface area contributed by atoms with Gasteiger partial charge in [-0.15, -0.1) is 0 Å². The fourth-order valence-electron chi connectivity index (χ4n) is 3.03. The molecule has 4 heteroatoms. The summed E-state index contributed by atoms with van der Waals surface area (Å²) in [6, 6.07) is 2.68. The van der Waals surface area contributed by atoms with Gasteiger partial charge in [-0.05, 0) is 45.7 Å². The van der Waals surface area contributed by atoms with Crippen LogP contribution in [-0.2, 0) is 11.3 Å². The van der Waals surface area contributed by atoms with E-state index in [0.717, 1.165) is 25.2 Å². The molecule has 0 amide bonds. The van der Waals surface area contributed by atoms with E-state index in [9.17, 15) is 0 Å². The minimum absolute atomic E-state index is 0.405. The van der Waals surface area contributed by atoms with E-state index in [1.54, 1.807) is 0 Å². The number of methoxy groups -OCH3 is 1. The van der Waals surface area contributed by atoms with Gasteiger partial charge < -0.3 is 10.1 Å². The lowest BCUT2D eigenvalue weighted by Gasteiger charge is -2.31. The van der Waals surface area contributed by atoms with Gasteiger partial charge in [-0.25, -0.2) is 0 Å². The zero-order valence-corrected chi connectivity index (χ0v) is 12.5. The topological polar surface area (TPSA) is 39.1 Å². The fraction of sp³-hybridized carbons (Fsp3) is 0.800. The molecule has 0 spiro atoms. The summed E-state index contributed by atoms with van der Waals surface area (Å²) < 4.78 is 7.66. The summed E-state index contributed by atoms with van der Waals surface area (Å²) in [6.07, 6.45) is 6.61. The van der Waals surface area contributed by atoms with Crippen LogP contribution in [0.5, 0.6) is 0 Å². The molecule has 19 heavy (non-hydrogen) atoms. The number of nitrogens with one attached hydrogen (secondary N) is 1. The highest BCUT2D eigenvalue weighted by atomic mass is 16.5. The van der Waals surface area contributed by atoms with E-state index < -0.39 is 0 Å². The zero-order valence-electron chi connectivity index (χ0n) is 12.5. The first kappa shape index (κ1) is 14.5. The maximum absolute atomic E-state index is 5.56. The summed E-state index contributed by atoms with van der Waals surface area (Å²) in [7, 11) is 1.83. The molecule has 1 aromatic heterocycles. The first-order chi connectivity index (χ1) is 9.20. The highest BCUT2D eigenvalue weighted by molar-refractivity contribution is 5.06. The van der Waals surface area contributed by atoms with Crippen LogP contribution in [0, 0.1) is 13.8 Å². The number of aryl methyl sites for hydroxylation is 3. The lowest BCUT2D eigenvalue weighted by atomic mass is 9.92. The van der Waals surface area contributed by atoms with E-state index in [4.69, 9.17) is 4.74 Å². The second-order valence-corrected chi connectivity index (χ2v) is 5.62. The Morgan fingerprint density at radius 2 is 2.16 bits per heavy atom. The molecule has 0 saturated heterocycles. The van der Waals surface area contributed by atoms with Crippen LogP contribution in [0.1, 0.15) is 43.5 Å². The predicted molar refractivity (Wildman–Crippen MR) is 77.4 cm³/mol. The Morgan fingerprint density at radius 3 is 2.84 bits per heavy atom. The molecule has 1 aromatic rings. The van der Waals surface area contributed by atoms with Crippen LogP contribution in [0.3, 0.4) is 0 Å². The lowest BCUT2D eigenvalue weighted by Crippen LogP contribution is -2.43. The van der Waals surface area contributed by atoms with Gasteiger partial charge in [0.2, 0.25) is 0 Å². The Labute approximate surface area is 116 Å². The van der Waals surface area contributed by atoms with Crippen LogP contribution < -0.4 is 5.32 Å². The van der Waals surface area contributed by atoms with Gasteiger partial charge in [-0.2, -0.15) is 5.10 Å².